The molecule has 2 rings (SSSR count). The monoisotopic (exact) mass is 344 g/mol. The van der Waals surface area contributed by atoms with E-state index in [0.29, 0.717) is 17.0 Å². The molecule has 102 valence electrons. The average molecular weight is 345 g/mol. The minimum atomic E-state index is -0.985. The summed E-state index contributed by atoms with van der Waals surface area (Å²) in [5.74, 6) is -0.922. The van der Waals surface area contributed by atoms with Crippen LogP contribution in [0.1, 0.15) is 17.3 Å². The molecule has 0 aliphatic carbocycles. The van der Waals surface area contributed by atoms with Crippen molar-refractivity contribution in [2.45, 2.75) is 18.3 Å². The molecule has 0 bridgehead atoms. The maximum atomic E-state index is 12.5. The Morgan fingerprint density at radius 3 is 2.79 bits per heavy atom. The number of nitrogens with two attached hydrogens (primary N) is 1. The van der Waals surface area contributed by atoms with Gasteiger partial charge in [0.25, 0.3) is 5.91 Å². The number of hydrogen-bond donors (Lipinski definition) is 2. The highest BCUT2D eigenvalue weighted by Crippen LogP contribution is 2.31. The third-order valence-corrected chi connectivity index (χ3v) is 4.70. The second kappa shape index (κ2) is 5.42. The number of hydrogen-bond acceptors (Lipinski definition) is 4. The first-order valence-corrected chi connectivity index (χ1v) is 7.48. The van der Waals surface area contributed by atoms with Crippen molar-refractivity contribution >= 4 is 45.3 Å². The van der Waals surface area contributed by atoms with E-state index in [4.69, 9.17) is 10.8 Å². The number of nitrogen functional groups attached to an aromatic ring is 1. The van der Waals surface area contributed by atoms with Gasteiger partial charge in [0.15, 0.2) is 0 Å². The highest BCUT2D eigenvalue weighted by molar-refractivity contribution is 9.10. The Hall–Kier alpha value is -1.21. The van der Waals surface area contributed by atoms with Crippen molar-refractivity contribution < 1.29 is 14.7 Å². The Bertz CT molecular complexity index is 538. The molecular weight excluding hydrogens is 332 g/mol. The zero-order valence-electron chi connectivity index (χ0n) is 10.2. The summed E-state index contributed by atoms with van der Waals surface area (Å²) in [5.41, 5.74) is 6.50. The Morgan fingerprint density at radius 2 is 2.21 bits per heavy atom. The van der Waals surface area contributed by atoms with Gasteiger partial charge in [-0.05, 0) is 25.1 Å². The number of carboxylic acids is 1. The summed E-state index contributed by atoms with van der Waals surface area (Å²) in [6.07, 6.45) is 0. The zero-order valence-corrected chi connectivity index (χ0v) is 12.6. The highest BCUT2D eigenvalue weighted by Gasteiger charge is 2.40. The lowest BCUT2D eigenvalue weighted by Gasteiger charge is -2.25. The molecule has 5 nitrogen and oxygen atoms in total. The van der Waals surface area contributed by atoms with E-state index in [1.165, 1.54) is 16.7 Å². The fourth-order valence-electron chi connectivity index (χ4n) is 2.01. The van der Waals surface area contributed by atoms with Crippen LogP contribution in [0.5, 0.6) is 0 Å². The molecule has 0 spiro atoms. The number of benzene rings is 1. The summed E-state index contributed by atoms with van der Waals surface area (Å²) < 4.78 is 0.778. The van der Waals surface area contributed by atoms with Crippen molar-refractivity contribution in [2.75, 3.05) is 11.5 Å². The van der Waals surface area contributed by atoms with Crippen molar-refractivity contribution in [3.8, 4) is 0 Å². The van der Waals surface area contributed by atoms with Crippen LogP contribution in [0.4, 0.5) is 5.69 Å². The second-order valence-corrected chi connectivity index (χ2v) is 6.50. The molecule has 1 aromatic rings. The van der Waals surface area contributed by atoms with Crippen LogP contribution in [0, 0.1) is 0 Å². The van der Waals surface area contributed by atoms with Crippen LogP contribution in [0.15, 0.2) is 22.7 Å². The molecule has 0 saturated carbocycles. The molecule has 0 radical (unpaired) electrons. The van der Waals surface area contributed by atoms with Gasteiger partial charge in [-0.3, -0.25) is 4.79 Å². The zero-order chi connectivity index (χ0) is 14.2. The van der Waals surface area contributed by atoms with Crippen LogP contribution < -0.4 is 5.73 Å². The molecule has 1 amide bonds. The normalized spacial score (nSPS) is 22.5. The van der Waals surface area contributed by atoms with Gasteiger partial charge in [0.05, 0.1) is 10.9 Å². The number of anilines is 1. The number of carbonyl (C=O) groups is 2. The maximum Gasteiger partial charge on any atom is 0.327 e. The Labute approximate surface area is 123 Å². The van der Waals surface area contributed by atoms with Gasteiger partial charge in [-0.25, -0.2) is 4.79 Å². The molecule has 7 heteroatoms. The maximum absolute atomic E-state index is 12.5. The van der Waals surface area contributed by atoms with E-state index in [9.17, 15) is 9.59 Å². The smallest absolute Gasteiger partial charge is 0.327 e. The average Bonchev–Trinajstić information content (AvgIpc) is 2.70. The van der Waals surface area contributed by atoms with Crippen molar-refractivity contribution in [1.29, 1.82) is 0 Å². The molecule has 2 atom stereocenters. The molecule has 1 aromatic carbocycles. The predicted molar refractivity (Wildman–Crippen MR) is 78.1 cm³/mol. The van der Waals surface area contributed by atoms with E-state index in [0.717, 1.165) is 4.47 Å². The van der Waals surface area contributed by atoms with Crippen LogP contribution >= 0.6 is 27.7 Å². The minimum absolute atomic E-state index is 0.170. The van der Waals surface area contributed by atoms with Gasteiger partial charge in [0.1, 0.15) is 6.04 Å². The van der Waals surface area contributed by atoms with E-state index in [1.54, 1.807) is 18.2 Å². The molecule has 1 aliphatic rings. The van der Waals surface area contributed by atoms with Crippen LogP contribution in [0.3, 0.4) is 0 Å². The van der Waals surface area contributed by atoms with E-state index in [1.807, 2.05) is 6.92 Å². The van der Waals surface area contributed by atoms with Crippen molar-refractivity contribution in [2.24, 2.45) is 0 Å². The topological polar surface area (TPSA) is 83.6 Å². The predicted octanol–water partition coefficient (Wildman–Crippen LogP) is 2.02. The highest BCUT2D eigenvalue weighted by atomic mass is 79.9. The number of thioether (sulfide) groups is 1. The van der Waals surface area contributed by atoms with Crippen LogP contribution in [-0.2, 0) is 4.79 Å². The van der Waals surface area contributed by atoms with Gasteiger partial charge >= 0.3 is 5.97 Å². The van der Waals surface area contributed by atoms with Gasteiger partial charge < -0.3 is 15.7 Å². The second-order valence-electron chi connectivity index (χ2n) is 4.23. The number of amides is 1. The van der Waals surface area contributed by atoms with Crippen LogP contribution in [0.25, 0.3) is 0 Å². The number of halogens is 1. The summed E-state index contributed by atoms with van der Waals surface area (Å²) in [5, 5.41) is 8.99. The fraction of sp³-hybridized carbons (Fsp3) is 0.333. The summed E-state index contributed by atoms with van der Waals surface area (Å²) >= 11 is 4.72. The van der Waals surface area contributed by atoms with Gasteiger partial charge in [0, 0.05) is 15.9 Å². The Morgan fingerprint density at radius 1 is 1.53 bits per heavy atom. The summed E-state index contributed by atoms with van der Waals surface area (Å²) in [6.45, 7) is 1.82. The van der Waals surface area contributed by atoms with Gasteiger partial charge in [-0.15, -0.1) is 11.8 Å². The minimum Gasteiger partial charge on any atom is -0.480 e. The van der Waals surface area contributed by atoms with Crippen LogP contribution in [-0.4, -0.2) is 39.1 Å². The van der Waals surface area contributed by atoms with Gasteiger partial charge in [-0.1, -0.05) is 15.9 Å². The SMILES string of the molecule is CC1SCC(C(=O)O)N1C(=O)c1ccc(Br)cc1N. The van der Waals surface area contributed by atoms with E-state index in [2.05, 4.69) is 15.9 Å². The molecule has 0 aromatic heterocycles. The molecule has 1 saturated heterocycles. The summed E-state index contributed by atoms with van der Waals surface area (Å²) in [4.78, 5) is 25.0. The standard InChI is InChI=1S/C12H13BrN2O3S/c1-6-15(10(5-19-6)12(17)18)11(16)8-3-2-7(13)4-9(8)14/h2-4,6,10H,5,14H2,1H3,(H,17,18). The molecule has 1 fully saturated rings. The molecule has 3 N–H and O–H groups in total. The lowest BCUT2D eigenvalue weighted by molar-refractivity contribution is -0.141. The Balaban J connectivity index is 2.34. The number of aliphatic carboxylic acids is 1. The molecule has 19 heavy (non-hydrogen) atoms. The van der Waals surface area contributed by atoms with E-state index >= 15 is 0 Å². The summed E-state index contributed by atoms with van der Waals surface area (Å²) in [7, 11) is 0. The molecule has 2 unspecified atom stereocenters. The number of nitrogens with zero attached hydrogens (tertiary/aromatic N) is 1. The van der Waals surface area contributed by atoms with Crippen LogP contribution in [0.2, 0.25) is 0 Å². The first-order valence-electron chi connectivity index (χ1n) is 5.64. The lowest BCUT2D eigenvalue weighted by Crippen LogP contribution is -2.44. The summed E-state index contributed by atoms with van der Waals surface area (Å²) in [6, 6.07) is 4.16. The third kappa shape index (κ3) is 2.71. The Kier molecular flexibility index (Phi) is 4.05. The fourth-order valence-corrected chi connectivity index (χ4v) is 3.55. The van der Waals surface area contributed by atoms with E-state index in [-0.39, 0.29) is 11.3 Å². The molecule has 1 heterocycles. The quantitative estimate of drug-likeness (QED) is 0.802. The van der Waals surface area contributed by atoms with E-state index < -0.39 is 12.0 Å². The van der Waals surface area contributed by atoms with Gasteiger partial charge in [-0.2, -0.15) is 0 Å². The molecule has 1 aliphatic heterocycles. The first kappa shape index (κ1) is 14.2. The van der Waals surface area contributed by atoms with Crippen molar-refractivity contribution in [3.63, 3.8) is 0 Å². The lowest BCUT2D eigenvalue weighted by atomic mass is 10.1. The van der Waals surface area contributed by atoms with Gasteiger partial charge in [0.2, 0.25) is 0 Å². The van der Waals surface area contributed by atoms with Crippen molar-refractivity contribution in [3.05, 3.63) is 28.2 Å². The molecular formula is C12H13BrN2O3S. The number of rotatable bonds is 2. The number of carbonyl (C=O) groups excluding carboxylic acids is 1. The largest absolute Gasteiger partial charge is 0.480 e. The van der Waals surface area contributed by atoms with Crippen molar-refractivity contribution in [1.82, 2.24) is 4.90 Å². The third-order valence-electron chi connectivity index (χ3n) is 2.99. The first-order chi connectivity index (χ1) is 8.91. The number of carboxylic acid groups (broad SMARTS) is 1.